The molecule has 0 radical (unpaired) electrons. The number of nitrogens with zero attached hydrogens (tertiary/aromatic N) is 3. The summed E-state index contributed by atoms with van der Waals surface area (Å²) in [5, 5.41) is 6.04. The Bertz CT molecular complexity index is 2000. The number of aromatic nitrogens is 1. The number of amidine groups is 1. The number of hydrogen-bond donors (Lipinski definition) is 1. The highest BCUT2D eigenvalue weighted by Gasteiger charge is 2.39. The molecule has 0 bridgehead atoms. The molecule has 2 heterocycles. The van der Waals surface area contributed by atoms with Gasteiger partial charge in [-0.3, -0.25) is 4.57 Å². The van der Waals surface area contributed by atoms with Gasteiger partial charge in [-0.05, 0) is 33.9 Å². The zero-order valence-corrected chi connectivity index (χ0v) is 22.5. The highest BCUT2D eigenvalue weighted by Crippen LogP contribution is 2.52. The van der Waals surface area contributed by atoms with Gasteiger partial charge in [-0.15, -0.1) is 0 Å². The predicted molar refractivity (Wildman–Crippen MR) is 165 cm³/mol. The highest BCUT2D eigenvalue weighted by molar-refractivity contribution is 6.19. The molecule has 0 spiro atoms. The monoisotopic (exact) mass is 516 g/mol. The molecule has 1 N–H and O–H groups in total. The van der Waals surface area contributed by atoms with E-state index in [2.05, 4.69) is 133 Å². The number of para-hydroxylation sites is 1. The molecule has 6 aromatic rings. The number of hydrogen-bond acceptors (Lipinski definition) is 3. The lowest BCUT2D eigenvalue weighted by molar-refractivity contribution is 0.660. The van der Waals surface area contributed by atoms with Crippen molar-refractivity contribution in [1.29, 1.82) is 0 Å². The van der Waals surface area contributed by atoms with Gasteiger partial charge in [0.25, 0.3) is 0 Å². The number of nitrogens with one attached hydrogen (secondary N) is 1. The second-order valence-electron chi connectivity index (χ2n) is 11.1. The van der Waals surface area contributed by atoms with Gasteiger partial charge in [-0.1, -0.05) is 129 Å². The fourth-order valence-corrected chi connectivity index (χ4v) is 6.60. The van der Waals surface area contributed by atoms with Gasteiger partial charge in [0.2, 0.25) is 5.96 Å². The van der Waals surface area contributed by atoms with Crippen molar-refractivity contribution in [1.82, 2.24) is 9.88 Å². The van der Waals surface area contributed by atoms with E-state index in [-0.39, 0.29) is 11.6 Å². The summed E-state index contributed by atoms with van der Waals surface area (Å²) in [5.41, 5.74) is 9.55. The molecular weight excluding hydrogens is 488 g/mol. The van der Waals surface area contributed by atoms with Crippen molar-refractivity contribution in [3.05, 3.63) is 144 Å². The molecule has 0 amide bonds. The lowest BCUT2D eigenvalue weighted by atomic mass is 9.81. The van der Waals surface area contributed by atoms with Crippen molar-refractivity contribution in [3.8, 4) is 11.1 Å². The van der Waals surface area contributed by atoms with Gasteiger partial charge in [-0.2, -0.15) is 4.99 Å². The van der Waals surface area contributed by atoms with Crippen LogP contribution in [0, 0.1) is 0 Å². The number of benzene rings is 5. The van der Waals surface area contributed by atoms with Gasteiger partial charge in [0.05, 0.1) is 11.0 Å². The maximum absolute atomic E-state index is 5.27. The minimum Gasteiger partial charge on any atom is -0.344 e. The molecule has 192 valence electrons. The van der Waals surface area contributed by atoms with Crippen LogP contribution in [0.3, 0.4) is 0 Å². The van der Waals surface area contributed by atoms with Crippen molar-refractivity contribution in [3.63, 3.8) is 0 Å². The van der Waals surface area contributed by atoms with Crippen LogP contribution in [-0.2, 0) is 5.41 Å². The molecule has 8 rings (SSSR count). The molecule has 1 atom stereocenters. The van der Waals surface area contributed by atoms with Gasteiger partial charge in [-0.25, -0.2) is 4.99 Å². The van der Waals surface area contributed by atoms with Crippen LogP contribution in [0.1, 0.15) is 42.3 Å². The molecule has 1 aliphatic heterocycles. The largest absolute Gasteiger partial charge is 0.344 e. The van der Waals surface area contributed by atoms with Crippen LogP contribution in [0.15, 0.2) is 131 Å². The number of fused-ring (bicyclic) bond motifs is 7. The Morgan fingerprint density at radius 3 is 2.20 bits per heavy atom. The first-order valence-electron chi connectivity index (χ1n) is 13.8. The summed E-state index contributed by atoms with van der Waals surface area (Å²) < 4.78 is 2.30. The lowest BCUT2D eigenvalue weighted by Gasteiger charge is -2.26. The summed E-state index contributed by atoms with van der Waals surface area (Å²) >= 11 is 0. The molecule has 4 heteroatoms. The molecule has 0 saturated heterocycles. The fourth-order valence-electron chi connectivity index (χ4n) is 6.60. The number of rotatable bonds is 2. The zero-order valence-electron chi connectivity index (χ0n) is 22.5. The highest BCUT2D eigenvalue weighted by atomic mass is 15.3. The summed E-state index contributed by atoms with van der Waals surface area (Å²) in [5.74, 6) is 1.51. The molecule has 5 aromatic carbocycles. The summed E-state index contributed by atoms with van der Waals surface area (Å²) in [6, 6.07) is 42.8. The molecule has 1 aromatic heterocycles. The smallest absolute Gasteiger partial charge is 0.234 e. The Kier molecular flexibility index (Phi) is 4.89. The molecule has 2 aliphatic rings. The molecule has 1 aliphatic carbocycles. The van der Waals surface area contributed by atoms with E-state index in [1.807, 2.05) is 12.1 Å². The van der Waals surface area contributed by atoms with E-state index < -0.39 is 0 Å². The summed E-state index contributed by atoms with van der Waals surface area (Å²) in [7, 11) is 0. The average molecular weight is 517 g/mol. The van der Waals surface area contributed by atoms with Gasteiger partial charge in [0.15, 0.2) is 0 Å². The van der Waals surface area contributed by atoms with Crippen molar-refractivity contribution in [2.75, 3.05) is 0 Å². The molecule has 0 saturated carbocycles. The van der Waals surface area contributed by atoms with E-state index >= 15 is 0 Å². The van der Waals surface area contributed by atoms with E-state index in [1.165, 1.54) is 38.5 Å². The SMILES string of the molecule is CC1(C)c2ccccc2-c2ccc3c4ccccc4n(C4=NC(c5ccccc5)NC(c5ccccc5)=N4)c3c21. The minimum atomic E-state index is -0.262. The van der Waals surface area contributed by atoms with Gasteiger partial charge >= 0.3 is 0 Å². The Morgan fingerprint density at radius 2 is 1.38 bits per heavy atom. The van der Waals surface area contributed by atoms with E-state index in [0.717, 1.165) is 22.5 Å². The Morgan fingerprint density at radius 1 is 0.675 bits per heavy atom. The third-order valence-corrected chi connectivity index (χ3v) is 8.44. The van der Waals surface area contributed by atoms with E-state index in [1.54, 1.807) is 0 Å². The van der Waals surface area contributed by atoms with Crippen molar-refractivity contribution in [2.45, 2.75) is 25.4 Å². The van der Waals surface area contributed by atoms with Crippen LogP contribution < -0.4 is 5.32 Å². The quantitative estimate of drug-likeness (QED) is 0.249. The second-order valence-corrected chi connectivity index (χ2v) is 11.1. The predicted octanol–water partition coefficient (Wildman–Crippen LogP) is 8.05. The summed E-state index contributed by atoms with van der Waals surface area (Å²) in [6.45, 7) is 4.68. The summed E-state index contributed by atoms with van der Waals surface area (Å²) in [6.07, 6.45) is -0.262. The summed E-state index contributed by atoms with van der Waals surface area (Å²) in [4.78, 5) is 10.5. The topological polar surface area (TPSA) is 41.7 Å². The standard InChI is InChI=1S/C36H28N4/c1-36(2)29-19-11-9-17-25(29)27-21-22-28-26-18-10-12-20-30(26)40(32(28)31(27)36)35-38-33(23-13-5-3-6-14-23)37-34(39-35)24-15-7-4-8-16-24/h3-22,33H,1-2H3,(H,37,38,39). The first-order chi connectivity index (χ1) is 19.6. The number of aliphatic imine (C=N–C) groups is 2. The minimum absolute atomic E-state index is 0.171. The average Bonchev–Trinajstić information content (AvgIpc) is 3.47. The molecule has 40 heavy (non-hydrogen) atoms. The fraction of sp³-hybridized carbons (Fsp3) is 0.111. The molecule has 0 fully saturated rings. The third kappa shape index (κ3) is 3.26. The van der Waals surface area contributed by atoms with Crippen molar-refractivity contribution in [2.24, 2.45) is 9.98 Å². The van der Waals surface area contributed by atoms with Crippen LogP contribution in [0.5, 0.6) is 0 Å². The second kappa shape index (κ2) is 8.52. The Hall–Kier alpha value is -4.96. The first kappa shape index (κ1) is 23.0. The van der Waals surface area contributed by atoms with Crippen LogP contribution in [0.4, 0.5) is 0 Å². The van der Waals surface area contributed by atoms with Gasteiger partial charge < -0.3 is 5.32 Å². The van der Waals surface area contributed by atoms with Crippen LogP contribution in [0.2, 0.25) is 0 Å². The van der Waals surface area contributed by atoms with Gasteiger partial charge in [0, 0.05) is 21.8 Å². The van der Waals surface area contributed by atoms with E-state index in [4.69, 9.17) is 9.98 Å². The van der Waals surface area contributed by atoms with Crippen molar-refractivity contribution < 1.29 is 0 Å². The van der Waals surface area contributed by atoms with Crippen LogP contribution in [0.25, 0.3) is 32.9 Å². The molecule has 1 unspecified atom stereocenters. The first-order valence-corrected chi connectivity index (χ1v) is 13.8. The maximum atomic E-state index is 5.27. The normalized spacial score (nSPS) is 17.2. The third-order valence-electron chi connectivity index (χ3n) is 8.44. The van der Waals surface area contributed by atoms with Crippen LogP contribution in [-0.4, -0.2) is 16.4 Å². The Balaban J connectivity index is 1.47. The van der Waals surface area contributed by atoms with Crippen molar-refractivity contribution >= 4 is 33.6 Å². The van der Waals surface area contributed by atoms with Crippen LogP contribution >= 0.6 is 0 Å². The zero-order chi connectivity index (χ0) is 26.8. The van der Waals surface area contributed by atoms with E-state index in [9.17, 15) is 0 Å². The van der Waals surface area contributed by atoms with Gasteiger partial charge in [0.1, 0.15) is 12.0 Å². The molecular formula is C36H28N4. The molecule has 4 nitrogen and oxygen atoms in total. The maximum Gasteiger partial charge on any atom is 0.234 e. The van der Waals surface area contributed by atoms with E-state index in [0.29, 0.717) is 5.96 Å². The lowest BCUT2D eigenvalue weighted by Crippen LogP contribution is -2.35. The Labute approximate surface area is 233 Å².